The van der Waals surface area contributed by atoms with Crippen LogP contribution in [0.4, 0.5) is 5.69 Å². The van der Waals surface area contributed by atoms with E-state index < -0.39 is 10.0 Å². The lowest BCUT2D eigenvalue weighted by molar-refractivity contribution is 0.0704. The van der Waals surface area contributed by atoms with E-state index in [1.54, 1.807) is 4.90 Å². The van der Waals surface area contributed by atoms with Crippen LogP contribution in [0.3, 0.4) is 0 Å². The molecule has 1 unspecified atom stereocenters. The molecule has 0 radical (unpaired) electrons. The highest BCUT2D eigenvalue weighted by atomic mass is 32.2. The number of hydrogen-bond acceptors (Lipinski definition) is 5. The number of aromatic hydroxyl groups is 1. The summed E-state index contributed by atoms with van der Waals surface area (Å²) in [6.07, 6.45) is 2.49. The van der Waals surface area contributed by atoms with Crippen LogP contribution in [-0.2, 0) is 10.0 Å². The van der Waals surface area contributed by atoms with Crippen molar-refractivity contribution in [2.24, 2.45) is 0 Å². The third-order valence-electron chi connectivity index (χ3n) is 3.36. The first-order chi connectivity index (χ1) is 9.76. The van der Waals surface area contributed by atoms with E-state index in [2.05, 4.69) is 4.72 Å². The fourth-order valence-electron chi connectivity index (χ4n) is 2.46. The molecule has 0 saturated carbocycles. The molecule has 1 saturated heterocycles. The van der Waals surface area contributed by atoms with Crippen LogP contribution < -0.4 is 10.5 Å². The molecule has 1 aliphatic rings. The predicted octanol–water partition coefficient (Wildman–Crippen LogP) is 0.128. The van der Waals surface area contributed by atoms with Crippen LogP contribution in [0.5, 0.6) is 5.75 Å². The number of sulfonamides is 1. The molecule has 2 rings (SSSR count). The summed E-state index contributed by atoms with van der Waals surface area (Å²) in [7, 11) is -3.31. The van der Waals surface area contributed by atoms with Crippen LogP contribution in [0, 0.1) is 0 Å². The minimum absolute atomic E-state index is 0.0321. The van der Waals surface area contributed by atoms with Crippen LogP contribution in [0.25, 0.3) is 0 Å². The summed E-state index contributed by atoms with van der Waals surface area (Å²) in [6.45, 7) is 0.830. The lowest BCUT2D eigenvalue weighted by Crippen LogP contribution is -2.49. The number of carbonyl (C=O) groups excluding carboxylic acids is 1. The highest BCUT2D eigenvalue weighted by Crippen LogP contribution is 2.22. The average Bonchev–Trinajstić information content (AvgIpc) is 2.39. The highest BCUT2D eigenvalue weighted by molar-refractivity contribution is 7.88. The van der Waals surface area contributed by atoms with Crippen LogP contribution in [0.15, 0.2) is 18.2 Å². The summed E-state index contributed by atoms with van der Waals surface area (Å²) < 4.78 is 25.1. The van der Waals surface area contributed by atoms with E-state index in [4.69, 9.17) is 5.73 Å². The van der Waals surface area contributed by atoms with Crippen LogP contribution in [0.1, 0.15) is 23.2 Å². The number of nitrogens with one attached hydrogen (secondary N) is 1. The second kappa shape index (κ2) is 5.90. The van der Waals surface area contributed by atoms with Gasteiger partial charge in [-0.1, -0.05) is 0 Å². The zero-order valence-corrected chi connectivity index (χ0v) is 12.6. The zero-order chi connectivity index (χ0) is 15.6. The van der Waals surface area contributed by atoms with Crippen molar-refractivity contribution >= 4 is 21.6 Å². The number of benzene rings is 1. The van der Waals surface area contributed by atoms with E-state index in [0.717, 1.165) is 6.26 Å². The molecule has 1 aliphatic heterocycles. The zero-order valence-electron chi connectivity index (χ0n) is 11.7. The van der Waals surface area contributed by atoms with Gasteiger partial charge in [0.25, 0.3) is 5.91 Å². The maximum Gasteiger partial charge on any atom is 0.256 e. The summed E-state index contributed by atoms with van der Waals surface area (Å²) in [6, 6.07) is 3.91. The number of amides is 1. The number of nitrogens with zero attached hydrogens (tertiary/aromatic N) is 1. The van der Waals surface area contributed by atoms with Gasteiger partial charge in [0.1, 0.15) is 5.75 Å². The molecule has 1 heterocycles. The molecule has 1 aromatic carbocycles. The Morgan fingerprint density at radius 2 is 2.19 bits per heavy atom. The predicted molar refractivity (Wildman–Crippen MR) is 79.4 cm³/mol. The van der Waals surface area contributed by atoms with Gasteiger partial charge >= 0.3 is 0 Å². The Morgan fingerprint density at radius 1 is 1.48 bits per heavy atom. The van der Waals surface area contributed by atoms with E-state index in [1.807, 2.05) is 0 Å². The number of hydrogen-bond donors (Lipinski definition) is 3. The van der Waals surface area contributed by atoms with E-state index in [-0.39, 0.29) is 28.9 Å². The van der Waals surface area contributed by atoms with Gasteiger partial charge in [-0.15, -0.1) is 0 Å². The van der Waals surface area contributed by atoms with Gasteiger partial charge < -0.3 is 15.7 Å². The Balaban J connectivity index is 2.14. The van der Waals surface area contributed by atoms with E-state index in [9.17, 15) is 18.3 Å². The normalized spacial score (nSPS) is 19.5. The third kappa shape index (κ3) is 4.08. The molecule has 8 heteroatoms. The van der Waals surface area contributed by atoms with Gasteiger partial charge in [0.15, 0.2) is 0 Å². The molecule has 1 amide bonds. The maximum atomic E-state index is 12.4. The Kier molecular flexibility index (Phi) is 4.38. The Labute approximate surface area is 123 Å². The SMILES string of the molecule is CS(=O)(=O)NC1CCCN(C(=O)c2cc(O)ccc2N)C1. The smallest absolute Gasteiger partial charge is 0.256 e. The van der Waals surface area contributed by atoms with Crippen LogP contribution in [0.2, 0.25) is 0 Å². The Bertz CT molecular complexity index is 645. The number of nitrogen functional groups attached to an aromatic ring is 1. The van der Waals surface area contributed by atoms with Gasteiger partial charge in [-0.2, -0.15) is 0 Å². The van der Waals surface area contributed by atoms with Gasteiger partial charge in [-0.3, -0.25) is 4.79 Å². The number of piperidine rings is 1. The summed E-state index contributed by atoms with van der Waals surface area (Å²) in [5, 5.41) is 9.47. The highest BCUT2D eigenvalue weighted by Gasteiger charge is 2.27. The number of likely N-dealkylation sites (tertiary alicyclic amines) is 1. The molecule has 0 aliphatic carbocycles. The third-order valence-corrected chi connectivity index (χ3v) is 4.12. The largest absolute Gasteiger partial charge is 0.508 e. The van der Waals surface area contributed by atoms with Crippen molar-refractivity contribution < 1.29 is 18.3 Å². The van der Waals surface area contributed by atoms with Gasteiger partial charge in [-0.05, 0) is 31.0 Å². The summed E-state index contributed by atoms with van der Waals surface area (Å²) in [5.74, 6) is -0.334. The molecule has 4 N–H and O–H groups in total. The molecule has 7 nitrogen and oxygen atoms in total. The molecule has 0 bridgehead atoms. The molecule has 21 heavy (non-hydrogen) atoms. The summed E-state index contributed by atoms with van der Waals surface area (Å²) >= 11 is 0. The van der Waals surface area contributed by atoms with Gasteiger partial charge in [-0.25, -0.2) is 13.1 Å². The Hall–Kier alpha value is -1.80. The fraction of sp³-hybridized carbons (Fsp3) is 0.462. The van der Waals surface area contributed by atoms with Crippen molar-refractivity contribution in [1.82, 2.24) is 9.62 Å². The van der Waals surface area contributed by atoms with Crippen molar-refractivity contribution in [3.63, 3.8) is 0 Å². The number of anilines is 1. The Morgan fingerprint density at radius 3 is 2.86 bits per heavy atom. The van der Waals surface area contributed by atoms with Crippen molar-refractivity contribution in [3.8, 4) is 5.75 Å². The topological polar surface area (TPSA) is 113 Å². The molecule has 0 aromatic heterocycles. The molecule has 1 fully saturated rings. The molecular weight excluding hydrogens is 294 g/mol. The quantitative estimate of drug-likeness (QED) is 0.542. The second-order valence-electron chi connectivity index (χ2n) is 5.25. The fourth-order valence-corrected chi connectivity index (χ4v) is 3.26. The van der Waals surface area contributed by atoms with Gasteiger partial charge in [0.05, 0.1) is 11.8 Å². The summed E-state index contributed by atoms with van der Waals surface area (Å²) in [4.78, 5) is 14.0. The van der Waals surface area contributed by atoms with Crippen LogP contribution >= 0.6 is 0 Å². The maximum absolute atomic E-state index is 12.4. The van der Waals surface area contributed by atoms with Crippen molar-refractivity contribution in [1.29, 1.82) is 0 Å². The minimum Gasteiger partial charge on any atom is -0.508 e. The van der Waals surface area contributed by atoms with Crippen molar-refractivity contribution in [2.45, 2.75) is 18.9 Å². The monoisotopic (exact) mass is 313 g/mol. The number of phenols is 1. The van der Waals surface area contributed by atoms with Gasteiger partial charge in [0, 0.05) is 24.8 Å². The van der Waals surface area contributed by atoms with Crippen molar-refractivity contribution in [2.75, 3.05) is 25.1 Å². The lowest BCUT2D eigenvalue weighted by Gasteiger charge is -2.33. The van der Waals surface area contributed by atoms with Gasteiger partial charge in [0.2, 0.25) is 10.0 Å². The first kappa shape index (κ1) is 15.6. The number of carbonyl (C=O) groups is 1. The van der Waals surface area contributed by atoms with E-state index in [0.29, 0.717) is 25.9 Å². The molecule has 1 atom stereocenters. The number of rotatable bonds is 3. The molecule has 0 spiro atoms. The average molecular weight is 313 g/mol. The number of nitrogens with two attached hydrogens (primary N) is 1. The van der Waals surface area contributed by atoms with E-state index in [1.165, 1.54) is 18.2 Å². The first-order valence-corrected chi connectivity index (χ1v) is 8.50. The lowest BCUT2D eigenvalue weighted by atomic mass is 10.0. The van der Waals surface area contributed by atoms with Crippen molar-refractivity contribution in [3.05, 3.63) is 23.8 Å². The molecule has 116 valence electrons. The van der Waals surface area contributed by atoms with E-state index >= 15 is 0 Å². The second-order valence-corrected chi connectivity index (χ2v) is 7.03. The minimum atomic E-state index is -3.31. The standard InChI is InChI=1S/C13H19N3O4S/c1-21(19,20)15-9-3-2-6-16(8-9)13(18)11-7-10(17)4-5-12(11)14/h4-5,7,9,15,17H,2-3,6,8,14H2,1H3. The summed E-state index contributed by atoms with van der Waals surface area (Å²) in [5.41, 5.74) is 6.28. The number of phenolic OH excluding ortho intramolecular Hbond substituents is 1. The molecular formula is C13H19N3O4S. The van der Waals surface area contributed by atoms with Crippen LogP contribution in [-0.4, -0.2) is 49.7 Å². The first-order valence-electron chi connectivity index (χ1n) is 6.61. The molecule has 1 aromatic rings.